The monoisotopic (exact) mass is 349 g/mol. The van der Waals surface area contributed by atoms with Gasteiger partial charge in [0.2, 0.25) is 11.1 Å². The van der Waals surface area contributed by atoms with Gasteiger partial charge in [0, 0.05) is 4.88 Å². The smallest absolute Gasteiger partial charge is 0.231 e. The number of thioether (sulfide) groups is 1. The molecule has 0 aliphatic carbocycles. The second-order valence-corrected chi connectivity index (χ2v) is 6.77. The molecule has 0 aliphatic rings. The van der Waals surface area contributed by atoms with E-state index in [1.165, 1.54) is 11.8 Å². The van der Waals surface area contributed by atoms with Crippen molar-refractivity contribution in [2.75, 3.05) is 5.75 Å². The van der Waals surface area contributed by atoms with E-state index in [9.17, 15) is 4.79 Å². The van der Waals surface area contributed by atoms with E-state index in [1.54, 1.807) is 28.3 Å². The van der Waals surface area contributed by atoms with E-state index in [-0.39, 0.29) is 17.7 Å². The fraction of sp³-hybridized carbons (Fsp3) is 0.286. The number of hydrogen-bond acceptors (Lipinski definition) is 7. The highest BCUT2D eigenvalue weighted by Gasteiger charge is 2.14. The highest BCUT2D eigenvalue weighted by atomic mass is 32.2. The van der Waals surface area contributed by atoms with Crippen LogP contribution in [0.15, 0.2) is 45.5 Å². The van der Waals surface area contributed by atoms with Gasteiger partial charge in [-0.1, -0.05) is 17.8 Å². The van der Waals surface area contributed by atoms with Crippen LogP contribution in [0.5, 0.6) is 0 Å². The first-order valence-electron chi connectivity index (χ1n) is 6.96. The Morgan fingerprint density at radius 1 is 1.48 bits per heavy atom. The van der Waals surface area contributed by atoms with Gasteiger partial charge in [-0.05, 0) is 40.9 Å². The third kappa shape index (κ3) is 4.20. The normalized spacial score (nSPS) is 12.2. The summed E-state index contributed by atoms with van der Waals surface area (Å²) in [7, 11) is 0. The number of thiophene rings is 1. The van der Waals surface area contributed by atoms with Gasteiger partial charge in [-0.2, -0.15) is 0 Å². The van der Waals surface area contributed by atoms with Crippen LogP contribution in [-0.4, -0.2) is 31.9 Å². The van der Waals surface area contributed by atoms with Crippen LogP contribution in [0.4, 0.5) is 0 Å². The molecule has 0 aromatic carbocycles. The van der Waals surface area contributed by atoms with E-state index in [0.717, 1.165) is 10.6 Å². The van der Waals surface area contributed by atoms with Crippen molar-refractivity contribution < 1.29 is 9.21 Å². The molecular weight excluding hydrogens is 334 g/mol. The Balaban J connectivity index is 1.52. The molecule has 0 aliphatic heterocycles. The lowest BCUT2D eigenvalue weighted by Crippen LogP contribution is -2.28. The fourth-order valence-corrected chi connectivity index (χ4v) is 3.34. The van der Waals surface area contributed by atoms with Gasteiger partial charge in [0.1, 0.15) is 5.76 Å². The van der Waals surface area contributed by atoms with Gasteiger partial charge >= 0.3 is 0 Å². The summed E-state index contributed by atoms with van der Waals surface area (Å²) in [6.07, 6.45) is 1.59. The Labute approximate surface area is 141 Å². The van der Waals surface area contributed by atoms with Gasteiger partial charge in [0.05, 0.1) is 24.6 Å². The van der Waals surface area contributed by atoms with Crippen LogP contribution in [0, 0.1) is 0 Å². The minimum absolute atomic E-state index is 0.0930. The number of carbonyl (C=O) groups excluding carboxylic acids is 1. The number of carbonyl (C=O) groups is 1. The number of furan rings is 1. The summed E-state index contributed by atoms with van der Waals surface area (Å²) in [5.41, 5.74) is 0. The summed E-state index contributed by atoms with van der Waals surface area (Å²) >= 11 is 2.96. The highest BCUT2D eigenvalue weighted by Crippen LogP contribution is 2.18. The first-order chi connectivity index (χ1) is 11.2. The van der Waals surface area contributed by atoms with Gasteiger partial charge in [0.25, 0.3) is 0 Å². The van der Waals surface area contributed by atoms with Crippen LogP contribution in [0.1, 0.15) is 23.6 Å². The molecule has 0 saturated heterocycles. The maximum Gasteiger partial charge on any atom is 0.231 e. The summed E-state index contributed by atoms with van der Waals surface area (Å²) in [6.45, 7) is 2.49. The zero-order chi connectivity index (χ0) is 16.1. The van der Waals surface area contributed by atoms with Crippen molar-refractivity contribution in [1.29, 1.82) is 0 Å². The van der Waals surface area contributed by atoms with Gasteiger partial charge in [0.15, 0.2) is 0 Å². The number of nitrogens with one attached hydrogen (secondary N) is 1. The lowest BCUT2D eigenvalue weighted by atomic mass is 10.2. The number of nitrogens with zero attached hydrogens (tertiary/aromatic N) is 4. The van der Waals surface area contributed by atoms with Crippen LogP contribution < -0.4 is 5.32 Å². The Morgan fingerprint density at radius 3 is 3.13 bits per heavy atom. The molecule has 7 nitrogen and oxygen atoms in total. The molecule has 23 heavy (non-hydrogen) atoms. The molecule has 3 aromatic rings. The van der Waals surface area contributed by atoms with Crippen molar-refractivity contribution in [2.24, 2.45) is 0 Å². The van der Waals surface area contributed by atoms with E-state index in [0.29, 0.717) is 11.7 Å². The molecular formula is C14H15N5O2S2. The number of tetrazole rings is 1. The van der Waals surface area contributed by atoms with Crippen LogP contribution >= 0.6 is 23.1 Å². The number of amides is 1. The van der Waals surface area contributed by atoms with E-state index >= 15 is 0 Å². The van der Waals surface area contributed by atoms with Crippen molar-refractivity contribution in [3.05, 3.63) is 46.5 Å². The van der Waals surface area contributed by atoms with E-state index in [2.05, 4.69) is 20.8 Å². The SMILES string of the molecule is C[C@H](NC(=O)CSc1nnnn1Cc1cccs1)c1ccco1. The Hall–Kier alpha value is -2.13. The molecule has 0 radical (unpaired) electrons. The largest absolute Gasteiger partial charge is 0.467 e. The fourth-order valence-electron chi connectivity index (χ4n) is 1.97. The summed E-state index contributed by atoms with van der Waals surface area (Å²) in [6, 6.07) is 7.48. The minimum atomic E-state index is -0.166. The van der Waals surface area contributed by atoms with Crippen molar-refractivity contribution in [3.8, 4) is 0 Å². The van der Waals surface area contributed by atoms with Crippen molar-refractivity contribution in [2.45, 2.75) is 24.7 Å². The molecule has 0 saturated carbocycles. The zero-order valence-corrected chi connectivity index (χ0v) is 14.0. The lowest BCUT2D eigenvalue weighted by Gasteiger charge is -2.10. The molecule has 3 aromatic heterocycles. The van der Waals surface area contributed by atoms with Gasteiger partial charge in [-0.3, -0.25) is 4.79 Å². The van der Waals surface area contributed by atoms with Crippen molar-refractivity contribution in [1.82, 2.24) is 25.5 Å². The molecule has 0 bridgehead atoms. The van der Waals surface area contributed by atoms with Crippen molar-refractivity contribution >= 4 is 29.0 Å². The quantitative estimate of drug-likeness (QED) is 0.659. The minimum Gasteiger partial charge on any atom is -0.467 e. The van der Waals surface area contributed by atoms with Gasteiger partial charge in [-0.15, -0.1) is 16.4 Å². The standard InChI is InChI=1S/C14H15N5O2S2/c1-10(12-5-2-6-21-12)15-13(20)9-23-14-16-17-18-19(14)8-11-4-3-7-22-11/h2-7,10H,8-9H2,1H3,(H,15,20)/t10-/m0/s1. The first-order valence-corrected chi connectivity index (χ1v) is 8.83. The second kappa shape index (κ2) is 7.42. The number of aromatic nitrogens is 4. The Morgan fingerprint density at radius 2 is 2.39 bits per heavy atom. The Kier molecular flexibility index (Phi) is 5.09. The second-order valence-electron chi connectivity index (χ2n) is 4.79. The van der Waals surface area contributed by atoms with Crippen LogP contribution in [0.3, 0.4) is 0 Å². The maximum atomic E-state index is 12.0. The van der Waals surface area contributed by atoms with Crippen LogP contribution in [0.25, 0.3) is 0 Å². The summed E-state index contributed by atoms with van der Waals surface area (Å²) in [5.74, 6) is 0.881. The average molecular weight is 349 g/mol. The predicted molar refractivity (Wildman–Crippen MR) is 87.2 cm³/mol. The predicted octanol–water partition coefficient (Wildman–Crippen LogP) is 2.35. The highest BCUT2D eigenvalue weighted by molar-refractivity contribution is 7.99. The summed E-state index contributed by atoms with van der Waals surface area (Å²) in [4.78, 5) is 13.2. The number of rotatable bonds is 7. The molecule has 1 N–H and O–H groups in total. The number of hydrogen-bond donors (Lipinski definition) is 1. The molecule has 1 amide bonds. The average Bonchev–Trinajstić information content (AvgIpc) is 3.29. The Bertz CT molecular complexity index is 739. The third-order valence-corrected chi connectivity index (χ3v) is 4.88. The zero-order valence-electron chi connectivity index (χ0n) is 12.4. The van der Waals surface area contributed by atoms with Gasteiger partial charge in [-0.25, -0.2) is 4.68 Å². The molecule has 3 rings (SSSR count). The van der Waals surface area contributed by atoms with Gasteiger partial charge < -0.3 is 9.73 Å². The molecule has 3 heterocycles. The van der Waals surface area contributed by atoms with Crippen molar-refractivity contribution in [3.63, 3.8) is 0 Å². The maximum absolute atomic E-state index is 12.0. The van der Waals surface area contributed by atoms with E-state index in [1.807, 2.05) is 30.5 Å². The molecule has 0 unspecified atom stereocenters. The molecule has 0 fully saturated rings. The van der Waals surface area contributed by atoms with E-state index in [4.69, 9.17) is 4.42 Å². The molecule has 9 heteroatoms. The lowest BCUT2D eigenvalue weighted by molar-refractivity contribution is -0.119. The topological polar surface area (TPSA) is 85.8 Å². The molecule has 1 atom stereocenters. The summed E-state index contributed by atoms with van der Waals surface area (Å²) in [5, 5.41) is 17.1. The van der Waals surface area contributed by atoms with Crippen LogP contribution in [-0.2, 0) is 11.3 Å². The molecule has 120 valence electrons. The molecule has 0 spiro atoms. The van der Waals surface area contributed by atoms with E-state index < -0.39 is 0 Å². The van der Waals surface area contributed by atoms with Crippen LogP contribution in [0.2, 0.25) is 0 Å². The first kappa shape index (κ1) is 15.8. The summed E-state index contributed by atoms with van der Waals surface area (Å²) < 4.78 is 6.96. The third-order valence-electron chi connectivity index (χ3n) is 3.06.